The molecule has 0 bridgehead atoms. The number of nitrogens with zero attached hydrogens (tertiary/aromatic N) is 3. The Kier molecular flexibility index (Phi) is 5.40. The number of hydrogen-bond acceptors (Lipinski definition) is 8. The molecule has 0 saturated carbocycles. The van der Waals surface area contributed by atoms with Crippen LogP contribution in [0.2, 0.25) is 0 Å². The molecule has 9 heteroatoms. The van der Waals surface area contributed by atoms with Crippen molar-refractivity contribution in [1.29, 1.82) is 0 Å². The first kappa shape index (κ1) is 21.2. The van der Waals surface area contributed by atoms with Gasteiger partial charge in [0.2, 0.25) is 0 Å². The van der Waals surface area contributed by atoms with E-state index in [0.29, 0.717) is 32.8 Å². The van der Waals surface area contributed by atoms with Gasteiger partial charge in [0.1, 0.15) is 5.52 Å². The molecule has 0 radical (unpaired) electrons. The maximum atomic E-state index is 12.4. The summed E-state index contributed by atoms with van der Waals surface area (Å²) >= 11 is 1.30. The first-order valence-electron chi connectivity index (χ1n) is 9.78. The van der Waals surface area contributed by atoms with Crippen LogP contribution in [0.15, 0.2) is 47.4 Å². The van der Waals surface area contributed by atoms with Crippen LogP contribution in [-0.4, -0.2) is 28.6 Å². The van der Waals surface area contributed by atoms with Gasteiger partial charge in [0.25, 0.3) is 0 Å². The average Bonchev–Trinajstić information content (AvgIpc) is 3.09. The minimum Gasteiger partial charge on any atom is -0.375 e. The maximum absolute atomic E-state index is 12.4. The highest BCUT2D eigenvalue weighted by atomic mass is 32.2. The van der Waals surface area contributed by atoms with Crippen LogP contribution < -0.4 is 11.1 Å². The fraction of sp³-hybridized carbons (Fsp3) is 0.227. The molecule has 160 valence electrons. The highest BCUT2D eigenvalue weighted by Crippen LogP contribution is 2.33. The van der Waals surface area contributed by atoms with Crippen LogP contribution in [0.5, 0.6) is 0 Å². The van der Waals surface area contributed by atoms with E-state index in [4.69, 9.17) is 15.7 Å². The summed E-state index contributed by atoms with van der Waals surface area (Å²) in [7, 11) is -3.33. The molecule has 2 aromatic carbocycles. The lowest BCUT2D eigenvalue weighted by atomic mass is 10.0. The SMILES string of the molecule is Cc1cccc(C)c1-c1nc(Nc2ccc(S(=O)(=O)C(C)C)cc2)c2nc(N)sc2n1. The maximum Gasteiger partial charge on any atom is 0.182 e. The molecule has 0 aliphatic heterocycles. The summed E-state index contributed by atoms with van der Waals surface area (Å²) in [6.45, 7) is 7.39. The van der Waals surface area contributed by atoms with Gasteiger partial charge in [-0.1, -0.05) is 29.5 Å². The van der Waals surface area contributed by atoms with Gasteiger partial charge in [-0.2, -0.15) is 0 Å². The standard InChI is InChI=1S/C22H23N5O2S2/c1-12(2)31(28,29)16-10-8-15(9-11-16)24-20-18-21(30-22(23)25-18)27-19(26-20)17-13(3)6-5-7-14(17)4/h5-12H,1-4H3,(H2,23,25)(H,24,26,27). The smallest absolute Gasteiger partial charge is 0.182 e. The third-order valence-electron chi connectivity index (χ3n) is 5.05. The summed E-state index contributed by atoms with van der Waals surface area (Å²) < 4.78 is 24.8. The predicted molar refractivity (Wildman–Crippen MR) is 127 cm³/mol. The molecule has 31 heavy (non-hydrogen) atoms. The number of anilines is 3. The van der Waals surface area contributed by atoms with Gasteiger partial charge >= 0.3 is 0 Å². The summed E-state index contributed by atoms with van der Waals surface area (Å²) in [5.74, 6) is 1.11. The van der Waals surface area contributed by atoms with Crippen molar-refractivity contribution in [3.05, 3.63) is 53.6 Å². The number of aryl methyl sites for hydroxylation is 2. The zero-order chi connectivity index (χ0) is 22.3. The second-order valence-corrected chi connectivity index (χ2v) is 11.1. The third-order valence-corrected chi connectivity index (χ3v) is 8.00. The highest BCUT2D eigenvalue weighted by molar-refractivity contribution is 7.92. The first-order chi connectivity index (χ1) is 14.7. The van der Waals surface area contributed by atoms with Crippen molar-refractivity contribution in [3.8, 4) is 11.4 Å². The lowest BCUT2D eigenvalue weighted by Crippen LogP contribution is -2.13. The molecule has 4 rings (SSSR count). The third kappa shape index (κ3) is 3.98. The minimum absolute atomic E-state index is 0.287. The number of nitrogens with two attached hydrogens (primary N) is 1. The summed E-state index contributed by atoms with van der Waals surface area (Å²) in [4.78, 5) is 14.8. The largest absolute Gasteiger partial charge is 0.375 e. The fourth-order valence-electron chi connectivity index (χ4n) is 3.34. The Labute approximate surface area is 185 Å². The molecule has 0 unspecified atom stereocenters. The van der Waals surface area contributed by atoms with Crippen molar-refractivity contribution in [3.63, 3.8) is 0 Å². The van der Waals surface area contributed by atoms with E-state index in [1.54, 1.807) is 38.1 Å². The van der Waals surface area contributed by atoms with Gasteiger partial charge in [0.05, 0.1) is 10.1 Å². The summed E-state index contributed by atoms with van der Waals surface area (Å²) in [6, 6.07) is 12.7. The molecule has 7 nitrogen and oxygen atoms in total. The molecule has 0 aliphatic carbocycles. The minimum atomic E-state index is -3.33. The number of sulfone groups is 1. The molecule has 4 aromatic rings. The van der Waals surface area contributed by atoms with E-state index in [9.17, 15) is 8.42 Å². The second kappa shape index (κ2) is 7.90. The molecular formula is C22H23N5O2S2. The molecule has 2 heterocycles. The normalized spacial score (nSPS) is 11.9. The van der Waals surface area contributed by atoms with Crippen LogP contribution in [0.25, 0.3) is 21.7 Å². The number of rotatable bonds is 5. The number of benzene rings is 2. The molecule has 0 aliphatic rings. The van der Waals surface area contributed by atoms with Crippen molar-refractivity contribution >= 4 is 48.2 Å². The Morgan fingerprint density at radius 2 is 1.61 bits per heavy atom. The van der Waals surface area contributed by atoms with Crippen LogP contribution in [0.3, 0.4) is 0 Å². The van der Waals surface area contributed by atoms with E-state index >= 15 is 0 Å². The molecule has 0 amide bonds. The van der Waals surface area contributed by atoms with Crippen molar-refractivity contribution in [2.24, 2.45) is 0 Å². The highest BCUT2D eigenvalue weighted by Gasteiger charge is 2.20. The van der Waals surface area contributed by atoms with Gasteiger partial charge in [-0.25, -0.2) is 23.4 Å². The van der Waals surface area contributed by atoms with Crippen LogP contribution in [0, 0.1) is 13.8 Å². The Balaban J connectivity index is 1.79. The molecule has 0 saturated heterocycles. The Morgan fingerprint density at radius 3 is 2.23 bits per heavy atom. The van der Waals surface area contributed by atoms with E-state index < -0.39 is 15.1 Å². The van der Waals surface area contributed by atoms with Crippen LogP contribution in [0.4, 0.5) is 16.6 Å². The summed E-state index contributed by atoms with van der Waals surface area (Å²) in [5.41, 5.74) is 10.3. The van der Waals surface area contributed by atoms with Crippen molar-refractivity contribution in [1.82, 2.24) is 15.0 Å². The molecule has 0 fully saturated rings. The van der Waals surface area contributed by atoms with Gasteiger partial charge in [0.15, 0.2) is 31.4 Å². The van der Waals surface area contributed by atoms with Crippen LogP contribution >= 0.6 is 11.3 Å². The zero-order valence-electron chi connectivity index (χ0n) is 17.7. The second-order valence-electron chi connectivity index (χ2n) is 7.61. The van der Waals surface area contributed by atoms with Crippen LogP contribution in [-0.2, 0) is 9.84 Å². The van der Waals surface area contributed by atoms with Crippen molar-refractivity contribution in [2.45, 2.75) is 37.8 Å². The summed E-state index contributed by atoms with van der Waals surface area (Å²) in [6.07, 6.45) is 0. The van der Waals surface area contributed by atoms with Crippen molar-refractivity contribution in [2.75, 3.05) is 11.1 Å². The van der Waals surface area contributed by atoms with Gasteiger partial charge in [-0.15, -0.1) is 0 Å². The lowest BCUT2D eigenvalue weighted by molar-refractivity contribution is 0.587. The van der Waals surface area contributed by atoms with E-state index in [1.807, 2.05) is 32.0 Å². The van der Waals surface area contributed by atoms with E-state index in [2.05, 4.69) is 10.3 Å². The first-order valence-corrected chi connectivity index (χ1v) is 12.1. The van der Waals surface area contributed by atoms with Gasteiger partial charge < -0.3 is 11.1 Å². The fourth-order valence-corrected chi connectivity index (χ4v) is 5.11. The number of fused-ring (bicyclic) bond motifs is 1. The van der Waals surface area contributed by atoms with E-state index in [1.165, 1.54) is 11.3 Å². The van der Waals surface area contributed by atoms with Gasteiger partial charge in [-0.05, 0) is 63.1 Å². The average molecular weight is 454 g/mol. The van der Waals surface area contributed by atoms with Crippen molar-refractivity contribution < 1.29 is 8.42 Å². The molecule has 3 N–H and O–H groups in total. The quantitative estimate of drug-likeness (QED) is 0.443. The Bertz CT molecular complexity index is 1360. The number of nitrogen functional groups attached to an aromatic ring is 1. The molecule has 2 aromatic heterocycles. The Morgan fingerprint density at radius 1 is 0.968 bits per heavy atom. The molecular weight excluding hydrogens is 430 g/mol. The number of thiazole rings is 1. The number of nitrogens with one attached hydrogen (secondary N) is 1. The monoisotopic (exact) mass is 453 g/mol. The number of aromatic nitrogens is 3. The molecule has 0 atom stereocenters. The zero-order valence-corrected chi connectivity index (χ0v) is 19.3. The van der Waals surface area contributed by atoms with Gasteiger partial charge in [0, 0.05) is 11.3 Å². The van der Waals surface area contributed by atoms with Gasteiger partial charge in [-0.3, -0.25) is 0 Å². The Hall–Kier alpha value is -3.04. The van der Waals surface area contributed by atoms with E-state index in [0.717, 1.165) is 16.7 Å². The van der Waals surface area contributed by atoms with Crippen LogP contribution in [0.1, 0.15) is 25.0 Å². The predicted octanol–water partition coefficient (Wildman–Crippen LogP) is 4.88. The molecule has 0 spiro atoms. The summed E-state index contributed by atoms with van der Waals surface area (Å²) in [5, 5.41) is 3.19. The topological polar surface area (TPSA) is 111 Å². The number of hydrogen-bond donors (Lipinski definition) is 2. The van der Waals surface area contributed by atoms with E-state index in [-0.39, 0.29) is 4.90 Å². The lowest BCUT2D eigenvalue weighted by Gasteiger charge is -2.12.